The van der Waals surface area contributed by atoms with Crippen LogP contribution in [0.1, 0.15) is 18.9 Å². The number of methoxy groups -OCH3 is 1. The first-order valence-electron chi connectivity index (χ1n) is 6.22. The first kappa shape index (κ1) is 19.7. The number of carbonyl (C=O) groups excluding carboxylic acids is 2. The lowest BCUT2D eigenvalue weighted by Crippen LogP contribution is -2.26. The van der Waals surface area contributed by atoms with E-state index in [-0.39, 0.29) is 0 Å². The van der Waals surface area contributed by atoms with Crippen molar-refractivity contribution in [3.05, 3.63) is 28.8 Å². The van der Waals surface area contributed by atoms with Gasteiger partial charge in [0.15, 0.2) is 23.3 Å². The zero-order chi connectivity index (χ0) is 18.8. The Morgan fingerprint density at radius 3 is 1.88 bits per heavy atom. The Morgan fingerprint density at radius 2 is 1.50 bits per heavy atom. The Bertz CT molecular complexity index is 644. The minimum absolute atomic E-state index is 0.531. The molecule has 0 bridgehead atoms. The summed E-state index contributed by atoms with van der Waals surface area (Å²) in [7, 11) is 1.01. The van der Waals surface area contributed by atoms with E-state index in [1.807, 2.05) is 0 Å². The summed E-state index contributed by atoms with van der Waals surface area (Å²) in [4.78, 5) is 22.6. The zero-order valence-corrected chi connectivity index (χ0v) is 12.2. The first-order valence-corrected chi connectivity index (χ1v) is 6.22. The molecule has 0 aromatic heterocycles. The molecule has 1 atom stereocenters. The van der Waals surface area contributed by atoms with Crippen LogP contribution in [0.3, 0.4) is 0 Å². The SMILES string of the molecule is COC(=O)CC(C)C(=O)Nc1c(F)c(F)c(C(F)(F)F)c(F)c1F. The molecule has 11 heteroatoms. The lowest BCUT2D eigenvalue weighted by molar-refractivity contribution is -0.144. The van der Waals surface area contributed by atoms with Crippen LogP contribution in [0.25, 0.3) is 0 Å². The lowest BCUT2D eigenvalue weighted by atomic mass is 10.1. The quantitative estimate of drug-likeness (QED) is 0.508. The molecule has 1 unspecified atom stereocenters. The molecule has 0 saturated carbocycles. The van der Waals surface area contributed by atoms with Gasteiger partial charge in [-0.1, -0.05) is 6.92 Å². The van der Waals surface area contributed by atoms with Crippen LogP contribution in [0.2, 0.25) is 0 Å². The maximum Gasteiger partial charge on any atom is 0.422 e. The third kappa shape index (κ3) is 3.95. The van der Waals surface area contributed by atoms with Gasteiger partial charge in [-0.25, -0.2) is 17.6 Å². The van der Waals surface area contributed by atoms with Crippen molar-refractivity contribution < 1.29 is 45.1 Å². The van der Waals surface area contributed by atoms with Crippen LogP contribution in [0.15, 0.2) is 0 Å². The van der Waals surface area contributed by atoms with Crippen molar-refractivity contribution in [2.75, 3.05) is 12.4 Å². The number of esters is 1. The molecule has 0 radical (unpaired) electrons. The molecule has 1 rings (SSSR count). The number of carbonyl (C=O) groups is 2. The standard InChI is InChI=1S/C13H10F7NO3/c1-4(3-5(22)24-2)12(23)21-11-9(16)7(14)6(13(18,19)20)8(15)10(11)17/h4H,3H2,1-2H3,(H,21,23). The number of nitrogens with one attached hydrogen (secondary N) is 1. The van der Waals surface area contributed by atoms with E-state index in [2.05, 4.69) is 4.74 Å². The van der Waals surface area contributed by atoms with Crippen LogP contribution in [-0.4, -0.2) is 19.0 Å². The molecule has 0 aliphatic rings. The van der Waals surface area contributed by atoms with Crippen molar-refractivity contribution in [1.29, 1.82) is 0 Å². The predicted molar refractivity (Wildman–Crippen MR) is 65.7 cm³/mol. The summed E-state index contributed by atoms with van der Waals surface area (Å²) in [5, 5.41) is 1.42. The summed E-state index contributed by atoms with van der Waals surface area (Å²) >= 11 is 0. The normalized spacial score (nSPS) is 12.7. The average molecular weight is 361 g/mol. The highest BCUT2D eigenvalue weighted by Crippen LogP contribution is 2.38. The molecule has 24 heavy (non-hydrogen) atoms. The molecule has 0 fully saturated rings. The highest BCUT2D eigenvalue weighted by atomic mass is 19.4. The fraction of sp³-hybridized carbons (Fsp3) is 0.385. The van der Waals surface area contributed by atoms with Crippen molar-refractivity contribution in [3.8, 4) is 0 Å². The van der Waals surface area contributed by atoms with Crippen LogP contribution in [0.5, 0.6) is 0 Å². The fourth-order valence-corrected chi connectivity index (χ4v) is 1.66. The van der Waals surface area contributed by atoms with E-state index in [1.54, 1.807) is 0 Å². The van der Waals surface area contributed by atoms with Crippen molar-refractivity contribution in [2.45, 2.75) is 19.5 Å². The molecule has 4 nitrogen and oxygen atoms in total. The van der Waals surface area contributed by atoms with E-state index < -0.39 is 64.9 Å². The molecule has 0 heterocycles. The van der Waals surface area contributed by atoms with Gasteiger partial charge in [-0.2, -0.15) is 13.2 Å². The van der Waals surface area contributed by atoms with Gasteiger partial charge in [0.1, 0.15) is 11.3 Å². The number of halogens is 7. The summed E-state index contributed by atoms with van der Waals surface area (Å²) in [6, 6.07) is 0. The second kappa shape index (κ2) is 7.05. The number of ether oxygens (including phenoxy) is 1. The number of hydrogen-bond acceptors (Lipinski definition) is 3. The maximum atomic E-state index is 13.6. The van der Waals surface area contributed by atoms with Gasteiger partial charge in [0.05, 0.1) is 13.5 Å². The number of anilines is 1. The molecule has 1 N–H and O–H groups in total. The number of rotatable bonds is 4. The van der Waals surface area contributed by atoms with Gasteiger partial charge in [-0.15, -0.1) is 0 Å². The minimum Gasteiger partial charge on any atom is -0.469 e. The molecule has 1 aromatic rings. The van der Waals surface area contributed by atoms with Crippen LogP contribution < -0.4 is 5.32 Å². The van der Waals surface area contributed by atoms with E-state index in [0.717, 1.165) is 14.0 Å². The molecule has 0 aliphatic carbocycles. The second-order valence-electron chi connectivity index (χ2n) is 4.67. The Labute approximate surface area is 130 Å². The Hall–Kier alpha value is -2.33. The summed E-state index contributed by atoms with van der Waals surface area (Å²) in [6.07, 6.45) is -6.21. The third-order valence-electron chi connectivity index (χ3n) is 2.94. The Kier molecular flexibility index (Phi) is 5.80. The van der Waals surface area contributed by atoms with Gasteiger partial charge >= 0.3 is 12.1 Å². The van der Waals surface area contributed by atoms with Crippen LogP contribution in [0, 0.1) is 29.2 Å². The first-order chi connectivity index (χ1) is 10.9. The molecular formula is C13H10F7NO3. The van der Waals surface area contributed by atoms with Gasteiger partial charge in [0.2, 0.25) is 5.91 Å². The van der Waals surface area contributed by atoms with Gasteiger partial charge in [-0.05, 0) is 0 Å². The Morgan fingerprint density at radius 1 is 1.04 bits per heavy atom. The summed E-state index contributed by atoms with van der Waals surface area (Å²) in [5.41, 5.74) is -4.47. The van der Waals surface area contributed by atoms with Crippen LogP contribution in [0.4, 0.5) is 36.4 Å². The number of amides is 1. The highest BCUT2D eigenvalue weighted by molar-refractivity contribution is 5.94. The van der Waals surface area contributed by atoms with Gasteiger partial charge in [-0.3, -0.25) is 9.59 Å². The molecule has 0 aliphatic heterocycles. The minimum atomic E-state index is -5.68. The second-order valence-corrected chi connectivity index (χ2v) is 4.67. The predicted octanol–water partition coefficient (Wildman–Crippen LogP) is 3.40. The fourth-order valence-electron chi connectivity index (χ4n) is 1.66. The van der Waals surface area contributed by atoms with Gasteiger partial charge in [0.25, 0.3) is 0 Å². The number of alkyl halides is 3. The van der Waals surface area contributed by atoms with E-state index in [9.17, 15) is 40.3 Å². The third-order valence-corrected chi connectivity index (χ3v) is 2.94. The molecule has 134 valence electrons. The van der Waals surface area contributed by atoms with Crippen LogP contribution in [-0.2, 0) is 20.5 Å². The van der Waals surface area contributed by atoms with Crippen molar-refractivity contribution >= 4 is 17.6 Å². The Balaban J connectivity index is 3.23. The van der Waals surface area contributed by atoms with E-state index in [1.165, 1.54) is 5.32 Å². The smallest absolute Gasteiger partial charge is 0.422 e. The number of benzene rings is 1. The number of hydrogen-bond donors (Lipinski definition) is 1. The van der Waals surface area contributed by atoms with Crippen molar-refractivity contribution in [2.24, 2.45) is 5.92 Å². The van der Waals surface area contributed by atoms with Crippen molar-refractivity contribution in [1.82, 2.24) is 0 Å². The molecular weight excluding hydrogens is 351 g/mol. The van der Waals surface area contributed by atoms with Gasteiger partial charge < -0.3 is 10.1 Å². The van der Waals surface area contributed by atoms with E-state index in [0.29, 0.717) is 0 Å². The topological polar surface area (TPSA) is 55.4 Å². The lowest BCUT2D eigenvalue weighted by Gasteiger charge is -2.16. The van der Waals surface area contributed by atoms with Gasteiger partial charge in [0, 0.05) is 5.92 Å². The summed E-state index contributed by atoms with van der Waals surface area (Å²) in [6.45, 7) is 1.12. The average Bonchev–Trinajstić information content (AvgIpc) is 2.47. The maximum absolute atomic E-state index is 13.6. The molecule has 1 aromatic carbocycles. The highest BCUT2D eigenvalue weighted by Gasteiger charge is 2.42. The molecule has 1 amide bonds. The van der Waals surface area contributed by atoms with E-state index >= 15 is 0 Å². The summed E-state index contributed by atoms with van der Waals surface area (Å²) in [5.74, 6) is -13.6. The monoisotopic (exact) mass is 361 g/mol. The van der Waals surface area contributed by atoms with Crippen LogP contribution >= 0.6 is 0 Å². The zero-order valence-electron chi connectivity index (χ0n) is 12.2. The summed E-state index contributed by atoms with van der Waals surface area (Å²) < 4.78 is 95.5. The van der Waals surface area contributed by atoms with E-state index in [4.69, 9.17) is 0 Å². The molecule has 0 saturated heterocycles. The largest absolute Gasteiger partial charge is 0.469 e. The molecule has 0 spiro atoms. The van der Waals surface area contributed by atoms with Crippen molar-refractivity contribution in [3.63, 3.8) is 0 Å².